The van der Waals surface area contributed by atoms with Crippen molar-refractivity contribution in [3.05, 3.63) is 57.6 Å². The number of nitrogens with zero attached hydrogens (tertiary/aromatic N) is 2. The van der Waals surface area contributed by atoms with E-state index in [9.17, 15) is 14.7 Å². The predicted octanol–water partition coefficient (Wildman–Crippen LogP) is 3.46. The Hall–Kier alpha value is -3.04. The fourth-order valence-electron chi connectivity index (χ4n) is 3.84. The largest absolute Gasteiger partial charge is 0.507 e. The number of amides is 1. The lowest BCUT2D eigenvalue weighted by molar-refractivity contribution is -0.140. The number of Topliss-reactive ketones (excluding diaryl/α,β-unsaturated/α-hetero) is 1. The summed E-state index contributed by atoms with van der Waals surface area (Å²) in [5.41, 5.74) is 0.909. The minimum absolute atomic E-state index is 0.0117. The Kier molecular flexibility index (Phi) is 7.65. The molecule has 176 valence electrons. The van der Waals surface area contributed by atoms with Gasteiger partial charge in [-0.25, -0.2) is 0 Å². The zero-order valence-corrected chi connectivity index (χ0v) is 20.8. The van der Waals surface area contributed by atoms with Crippen LogP contribution in [0.3, 0.4) is 0 Å². The Morgan fingerprint density at radius 2 is 1.76 bits per heavy atom. The Balaban J connectivity index is 2.25. The summed E-state index contributed by atoms with van der Waals surface area (Å²) in [7, 11) is 8.30. The molecule has 1 heterocycles. The van der Waals surface area contributed by atoms with Gasteiger partial charge in [0.2, 0.25) is 0 Å². The monoisotopic (exact) mass is 518 g/mol. The summed E-state index contributed by atoms with van der Waals surface area (Å²) in [4.78, 5) is 29.6. The third-order valence-corrected chi connectivity index (χ3v) is 6.10. The SMILES string of the molecule is COc1ccc(/C(O)=C2\C(=O)C(=O)N(CCN(C)C)C2c2cccc(OC)c2OC)cc1Br. The first-order valence-corrected chi connectivity index (χ1v) is 11.0. The first-order valence-electron chi connectivity index (χ1n) is 10.2. The molecule has 2 aromatic rings. The molecule has 33 heavy (non-hydrogen) atoms. The highest BCUT2D eigenvalue weighted by Gasteiger charge is 2.47. The van der Waals surface area contributed by atoms with Crippen LogP contribution >= 0.6 is 15.9 Å². The van der Waals surface area contributed by atoms with Crippen molar-refractivity contribution in [3.63, 3.8) is 0 Å². The number of benzene rings is 2. The molecule has 1 unspecified atom stereocenters. The zero-order valence-electron chi connectivity index (χ0n) is 19.2. The number of aliphatic hydroxyl groups excluding tert-OH is 1. The number of para-hydroxylation sites is 1. The van der Waals surface area contributed by atoms with Gasteiger partial charge in [-0.15, -0.1) is 0 Å². The number of carbonyl (C=O) groups is 2. The van der Waals surface area contributed by atoms with Crippen molar-refractivity contribution in [1.29, 1.82) is 0 Å². The van der Waals surface area contributed by atoms with Crippen LogP contribution in [0.1, 0.15) is 17.2 Å². The molecule has 0 spiro atoms. The molecule has 1 atom stereocenters. The van der Waals surface area contributed by atoms with Crippen LogP contribution < -0.4 is 14.2 Å². The van der Waals surface area contributed by atoms with E-state index in [4.69, 9.17) is 14.2 Å². The summed E-state index contributed by atoms with van der Waals surface area (Å²) in [5, 5.41) is 11.2. The van der Waals surface area contributed by atoms with Gasteiger partial charge in [-0.05, 0) is 54.3 Å². The van der Waals surface area contributed by atoms with Crippen molar-refractivity contribution in [1.82, 2.24) is 9.80 Å². The number of ketones is 1. The lowest BCUT2D eigenvalue weighted by Gasteiger charge is -2.28. The number of hydrogen-bond acceptors (Lipinski definition) is 7. The van der Waals surface area contributed by atoms with E-state index in [1.54, 1.807) is 36.4 Å². The van der Waals surface area contributed by atoms with Crippen LogP contribution in [0.15, 0.2) is 46.4 Å². The molecular formula is C24H27BrN2O6. The number of methoxy groups -OCH3 is 3. The van der Waals surface area contributed by atoms with Crippen LogP contribution in [-0.2, 0) is 9.59 Å². The molecule has 1 amide bonds. The average Bonchev–Trinajstić information content (AvgIpc) is 3.06. The molecule has 2 aromatic carbocycles. The van der Waals surface area contributed by atoms with Crippen molar-refractivity contribution in [3.8, 4) is 17.2 Å². The van der Waals surface area contributed by atoms with E-state index in [2.05, 4.69) is 15.9 Å². The van der Waals surface area contributed by atoms with Gasteiger partial charge in [-0.3, -0.25) is 9.59 Å². The van der Waals surface area contributed by atoms with Crippen molar-refractivity contribution in [2.75, 3.05) is 48.5 Å². The molecule has 0 saturated carbocycles. The summed E-state index contributed by atoms with van der Waals surface area (Å²) in [6.07, 6.45) is 0. The molecule has 8 nitrogen and oxygen atoms in total. The van der Waals surface area contributed by atoms with Crippen LogP contribution in [0.25, 0.3) is 5.76 Å². The molecule has 0 radical (unpaired) electrons. The van der Waals surface area contributed by atoms with Crippen LogP contribution in [0.4, 0.5) is 0 Å². The summed E-state index contributed by atoms with van der Waals surface area (Å²) < 4.78 is 16.9. The van der Waals surface area contributed by atoms with Crippen molar-refractivity contribution in [2.24, 2.45) is 0 Å². The van der Waals surface area contributed by atoms with Crippen molar-refractivity contribution >= 4 is 33.4 Å². The smallest absolute Gasteiger partial charge is 0.295 e. The van der Waals surface area contributed by atoms with E-state index in [-0.39, 0.29) is 17.9 Å². The second-order valence-electron chi connectivity index (χ2n) is 7.73. The second kappa shape index (κ2) is 10.3. The molecule has 9 heteroatoms. The van der Waals surface area contributed by atoms with Gasteiger partial charge in [0.25, 0.3) is 11.7 Å². The van der Waals surface area contributed by atoms with Gasteiger partial charge in [0.1, 0.15) is 11.5 Å². The highest BCUT2D eigenvalue weighted by Crippen LogP contribution is 2.45. The maximum atomic E-state index is 13.2. The fourth-order valence-corrected chi connectivity index (χ4v) is 4.38. The number of likely N-dealkylation sites (tertiary alicyclic amines) is 1. The second-order valence-corrected chi connectivity index (χ2v) is 8.58. The predicted molar refractivity (Wildman–Crippen MR) is 128 cm³/mol. The van der Waals surface area contributed by atoms with Gasteiger partial charge in [-0.1, -0.05) is 12.1 Å². The number of carbonyl (C=O) groups excluding carboxylic acids is 2. The minimum Gasteiger partial charge on any atom is -0.507 e. The number of likely N-dealkylation sites (N-methyl/N-ethyl adjacent to an activating group) is 1. The normalized spacial score (nSPS) is 17.5. The van der Waals surface area contributed by atoms with Crippen molar-refractivity contribution in [2.45, 2.75) is 6.04 Å². The van der Waals surface area contributed by atoms with E-state index >= 15 is 0 Å². The van der Waals surface area contributed by atoms with Gasteiger partial charge in [0, 0.05) is 24.2 Å². The summed E-state index contributed by atoms with van der Waals surface area (Å²) in [6.45, 7) is 0.815. The van der Waals surface area contributed by atoms with Crippen molar-refractivity contribution < 1.29 is 28.9 Å². The third kappa shape index (κ3) is 4.69. The molecule has 0 aromatic heterocycles. The first kappa shape index (κ1) is 24.6. The molecule has 0 bridgehead atoms. The highest BCUT2D eigenvalue weighted by atomic mass is 79.9. The quantitative estimate of drug-likeness (QED) is 0.325. The van der Waals surface area contributed by atoms with Gasteiger partial charge >= 0.3 is 0 Å². The molecule has 1 aliphatic rings. The fraction of sp³-hybridized carbons (Fsp3) is 0.333. The number of ether oxygens (including phenoxy) is 3. The Labute approximate surface area is 201 Å². The lowest BCUT2D eigenvalue weighted by atomic mass is 9.94. The number of halogens is 1. The number of aliphatic hydroxyl groups is 1. The Morgan fingerprint density at radius 3 is 2.33 bits per heavy atom. The molecule has 0 aliphatic carbocycles. The molecule has 1 saturated heterocycles. The van der Waals surface area contributed by atoms with Crippen LogP contribution in [-0.4, -0.2) is 75.1 Å². The highest BCUT2D eigenvalue weighted by molar-refractivity contribution is 9.10. The van der Waals surface area contributed by atoms with Gasteiger partial charge in [0.15, 0.2) is 11.5 Å². The minimum atomic E-state index is -0.851. The first-order chi connectivity index (χ1) is 15.7. The lowest BCUT2D eigenvalue weighted by Crippen LogP contribution is -2.35. The Bertz CT molecular complexity index is 1100. The molecule has 1 fully saturated rings. The molecule has 1 N–H and O–H groups in total. The van der Waals surface area contributed by atoms with Crippen LogP contribution in [0, 0.1) is 0 Å². The van der Waals surface area contributed by atoms with E-state index < -0.39 is 17.7 Å². The summed E-state index contributed by atoms with van der Waals surface area (Å²) in [5.74, 6) is -0.291. The van der Waals surface area contributed by atoms with Crippen LogP contribution in [0.5, 0.6) is 17.2 Å². The van der Waals surface area contributed by atoms with E-state index in [1.165, 1.54) is 26.2 Å². The van der Waals surface area contributed by atoms with Gasteiger partial charge in [0.05, 0.1) is 37.4 Å². The average molecular weight is 519 g/mol. The zero-order chi connectivity index (χ0) is 24.3. The number of hydrogen-bond donors (Lipinski definition) is 1. The maximum Gasteiger partial charge on any atom is 0.295 e. The maximum absolute atomic E-state index is 13.2. The van der Waals surface area contributed by atoms with Gasteiger partial charge in [-0.2, -0.15) is 0 Å². The van der Waals surface area contributed by atoms with E-state index in [0.29, 0.717) is 39.4 Å². The van der Waals surface area contributed by atoms with E-state index in [0.717, 1.165) is 0 Å². The Morgan fingerprint density at radius 1 is 1.06 bits per heavy atom. The van der Waals surface area contributed by atoms with E-state index in [1.807, 2.05) is 19.0 Å². The number of rotatable bonds is 8. The molecule has 1 aliphatic heterocycles. The topological polar surface area (TPSA) is 88.5 Å². The molecular weight excluding hydrogens is 492 g/mol. The standard InChI is InChI=1S/C24H27BrN2O6/c1-26(2)11-12-27-20(15-7-6-8-18(32-4)23(15)33-5)19(22(29)24(27)30)21(28)14-9-10-17(31-3)16(25)13-14/h6-10,13,20,28H,11-12H2,1-5H3/b21-19+. The van der Waals surface area contributed by atoms with Crippen LogP contribution in [0.2, 0.25) is 0 Å². The summed E-state index contributed by atoms with van der Waals surface area (Å²) >= 11 is 3.40. The summed E-state index contributed by atoms with van der Waals surface area (Å²) in [6, 6.07) is 9.34. The molecule has 3 rings (SSSR count). The van der Waals surface area contributed by atoms with Gasteiger partial charge < -0.3 is 29.1 Å². The third-order valence-electron chi connectivity index (χ3n) is 5.48.